The lowest BCUT2D eigenvalue weighted by Crippen LogP contribution is -2.19. The number of urea groups is 1. The molecule has 1 aliphatic rings. The van der Waals surface area contributed by atoms with Crippen LogP contribution in [0.25, 0.3) is 0 Å². The predicted octanol–water partition coefficient (Wildman–Crippen LogP) is 5.12. The fourth-order valence-corrected chi connectivity index (χ4v) is 2.83. The lowest BCUT2D eigenvalue weighted by Gasteiger charge is -2.09. The van der Waals surface area contributed by atoms with Gasteiger partial charge in [0.05, 0.1) is 0 Å². The van der Waals surface area contributed by atoms with E-state index >= 15 is 0 Å². The molecule has 0 saturated carbocycles. The summed E-state index contributed by atoms with van der Waals surface area (Å²) in [5, 5.41) is 9.56. The fraction of sp³-hybridized carbons (Fsp3) is 0.0625. The van der Waals surface area contributed by atoms with Crippen molar-refractivity contribution < 1.29 is 4.79 Å². The molecule has 3 N–H and O–H groups in total. The second-order valence-corrected chi connectivity index (χ2v) is 5.89. The van der Waals surface area contributed by atoms with Gasteiger partial charge in [-0.3, -0.25) is 0 Å². The Labute approximate surface area is 138 Å². The van der Waals surface area contributed by atoms with E-state index in [9.17, 15) is 4.79 Å². The smallest absolute Gasteiger partial charge is 0.323 e. The maximum Gasteiger partial charge on any atom is 0.323 e. The van der Waals surface area contributed by atoms with E-state index < -0.39 is 0 Å². The van der Waals surface area contributed by atoms with E-state index in [0.29, 0.717) is 21.4 Å². The zero-order valence-corrected chi connectivity index (χ0v) is 13.1. The standard InChI is InChI=1S/C16H13Cl2N3O/c1-9-4-10-2-3-13(8-15(10)19-9)20-16(22)21-14-6-11(17)5-12(18)7-14/h2-3,5-8,19H,1,4H2,(H2,20,21,22). The number of anilines is 3. The Morgan fingerprint density at radius 3 is 2.45 bits per heavy atom. The van der Waals surface area contributed by atoms with Gasteiger partial charge in [0.15, 0.2) is 0 Å². The Kier molecular flexibility index (Phi) is 3.96. The topological polar surface area (TPSA) is 53.2 Å². The quantitative estimate of drug-likeness (QED) is 0.714. The van der Waals surface area contributed by atoms with Crippen LogP contribution in [-0.4, -0.2) is 6.03 Å². The predicted molar refractivity (Wildman–Crippen MR) is 92.0 cm³/mol. The molecule has 0 spiro atoms. The molecule has 0 atom stereocenters. The average Bonchev–Trinajstić information content (AvgIpc) is 2.76. The van der Waals surface area contributed by atoms with Gasteiger partial charge < -0.3 is 16.0 Å². The maximum absolute atomic E-state index is 12.0. The monoisotopic (exact) mass is 333 g/mol. The van der Waals surface area contributed by atoms with Gasteiger partial charge in [-0.05, 0) is 35.9 Å². The highest BCUT2D eigenvalue weighted by Gasteiger charge is 2.14. The maximum atomic E-state index is 12.0. The summed E-state index contributed by atoms with van der Waals surface area (Å²) in [7, 11) is 0. The first-order valence-corrected chi connectivity index (χ1v) is 7.37. The van der Waals surface area contributed by atoms with Crippen molar-refractivity contribution in [1.29, 1.82) is 0 Å². The number of amides is 2. The lowest BCUT2D eigenvalue weighted by molar-refractivity contribution is 0.262. The molecule has 0 saturated heterocycles. The molecule has 1 aliphatic heterocycles. The Balaban J connectivity index is 1.69. The third kappa shape index (κ3) is 3.35. The van der Waals surface area contributed by atoms with Crippen LogP contribution in [0.3, 0.4) is 0 Å². The first-order chi connectivity index (χ1) is 10.5. The Bertz CT molecular complexity index is 754. The van der Waals surface area contributed by atoms with Crippen molar-refractivity contribution >= 4 is 46.3 Å². The van der Waals surface area contributed by atoms with Crippen LogP contribution in [0.2, 0.25) is 10.0 Å². The summed E-state index contributed by atoms with van der Waals surface area (Å²) in [4.78, 5) is 12.0. The van der Waals surface area contributed by atoms with Gasteiger partial charge >= 0.3 is 6.03 Å². The van der Waals surface area contributed by atoms with Crippen molar-refractivity contribution in [3.63, 3.8) is 0 Å². The molecule has 112 valence electrons. The number of carbonyl (C=O) groups excluding carboxylic acids is 1. The van der Waals surface area contributed by atoms with Gasteiger partial charge in [-0.25, -0.2) is 4.79 Å². The number of allylic oxidation sites excluding steroid dienone is 1. The number of hydrogen-bond donors (Lipinski definition) is 3. The van der Waals surface area contributed by atoms with Crippen LogP contribution in [0, 0.1) is 0 Å². The zero-order chi connectivity index (χ0) is 15.7. The second kappa shape index (κ2) is 5.91. The number of nitrogens with one attached hydrogen (secondary N) is 3. The lowest BCUT2D eigenvalue weighted by atomic mass is 10.1. The minimum atomic E-state index is -0.366. The summed E-state index contributed by atoms with van der Waals surface area (Å²) in [6.45, 7) is 3.90. The van der Waals surface area contributed by atoms with E-state index in [-0.39, 0.29) is 6.03 Å². The summed E-state index contributed by atoms with van der Waals surface area (Å²) < 4.78 is 0. The van der Waals surface area contributed by atoms with Crippen LogP contribution in [0.5, 0.6) is 0 Å². The molecule has 4 nitrogen and oxygen atoms in total. The van der Waals surface area contributed by atoms with Crippen LogP contribution in [0.15, 0.2) is 48.7 Å². The highest BCUT2D eigenvalue weighted by molar-refractivity contribution is 6.35. The van der Waals surface area contributed by atoms with Crippen molar-refractivity contribution in [3.05, 3.63) is 64.3 Å². The van der Waals surface area contributed by atoms with E-state index in [2.05, 4.69) is 22.5 Å². The normalized spacial score (nSPS) is 12.5. The molecular formula is C16H13Cl2N3O. The molecular weight excluding hydrogens is 321 g/mol. The van der Waals surface area contributed by atoms with Crippen molar-refractivity contribution in [1.82, 2.24) is 0 Å². The molecule has 6 heteroatoms. The van der Waals surface area contributed by atoms with Crippen molar-refractivity contribution in [3.8, 4) is 0 Å². The van der Waals surface area contributed by atoms with Crippen LogP contribution in [0.1, 0.15) is 5.56 Å². The van der Waals surface area contributed by atoms with Crippen LogP contribution < -0.4 is 16.0 Å². The number of hydrogen-bond acceptors (Lipinski definition) is 2. The Morgan fingerprint density at radius 2 is 1.73 bits per heavy atom. The minimum Gasteiger partial charge on any atom is -0.359 e. The summed E-state index contributed by atoms with van der Waals surface area (Å²) in [5.41, 5.74) is 4.30. The summed E-state index contributed by atoms with van der Waals surface area (Å²) in [5.74, 6) is 0. The first kappa shape index (κ1) is 14.8. The van der Waals surface area contributed by atoms with E-state index in [1.165, 1.54) is 0 Å². The highest BCUT2D eigenvalue weighted by atomic mass is 35.5. The zero-order valence-electron chi connectivity index (χ0n) is 11.5. The molecule has 0 fully saturated rings. The molecule has 22 heavy (non-hydrogen) atoms. The van der Waals surface area contributed by atoms with Crippen molar-refractivity contribution in [2.24, 2.45) is 0 Å². The molecule has 0 aromatic heterocycles. The first-order valence-electron chi connectivity index (χ1n) is 6.61. The van der Waals surface area contributed by atoms with Crippen LogP contribution in [0.4, 0.5) is 21.9 Å². The number of benzene rings is 2. The minimum absolute atomic E-state index is 0.366. The number of fused-ring (bicyclic) bond motifs is 1. The van der Waals surface area contributed by atoms with E-state index in [4.69, 9.17) is 23.2 Å². The Morgan fingerprint density at radius 1 is 1.05 bits per heavy atom. The van der Waals surface area contributed by atoms with Gasteiger partial charge in [-0.15, -0.1) is 0 Å². The third-order valence-electron chi connectivity index (χ3n) is 3.20. The van der Waals surface area contributed by atoms with Crippen molar-refractivity contribution in [2.45, 2.75) is 6.42 Å². The molecule has 0 unspecified atom stereocenters. The molecule has 3 rings (SSSR count). The largest absolute Gasteiger partial charge is 0.359 e. The number of rotatable bonds is 2. The van der Waals surface area contributed by atoms with Gasteiger partial charge in [0.25, 0.3) is 0 Å². The van der Waals surface area contributed by atoms with Gasteiger partial charge in [-0.2, -0.15) is 0 Å². The molecule has 1 heterocycles. The fourth-order valence-electron chi connectivity index (χ4n) is 2.31. The van der Waals surface area contributed by atoms with Gasteiger partial charge in [0.2, 0.25) is 0 Å². The average molecular weight is 334 g/mol. The summed E-state index contributed by atoms with van der Waals surface area (Å²) >= 11 is 11.8. The van der Waals surface area contributed by atoms with Crippen LogP contribution in [-0.2, 0) is 6.42 Å². The molecule has 0 radical (unpaired) electrons. The molecule has 2 aromatic rings. The van der Waals surface area contributed by atoms with Gasteiger partial charge in [0.1, 0.15) is 0 Å². The molecule has 2 aromatic carbocycles. The Hall–Kier alpha value is -2.17. The van der Waals surface area contributed by atoms with E-state index in [0.717, 1.165) is 23.4 Å². The molecule has 0 bridgehead atoms. The van der Waals surface area contributed by atoms with Crippen molar-refractivity contribution in [2.75, 3.05) is 16.0 Å². The second-order valence-electron chi connectivity index (χ2n) is 5.01. The molecule has 2 amide bonds. The number of halogens is 2. The van der Waals surface area contributed by atoms with Gasteiger partial charge in [-0.1, -0.05) is 35.8 Å². The van der Waals surface area contributed by atoms with E-state index in [1.54, 1.807) is 18.2 Å². The third-order valence-corrected chi connectivity index (χ3v) is 3.64. The summed E-state index contributed by atoms with van der Waals surface area (Å²) in [6, 6.07) is 10.2. The molecule has 0 aliphatic carbocycles. The van der Waals surface area contributed by atoms with Gasteiger partial charge in [0, 0.05) is 39.2 Å². The highest BCUT2D eigenvalue weighted by Crippen LogP contribution is 2.30. The SMILES string of the molecule is C=C1Cc2ccc(NC(=O)Nc3cc(Cl)cc(Cl)c3)cc2N1. The van der Waals surface area contributed by atoms with Crippen LogP contribution >= 0.6 is 23.2 Å². The summed E-state index contributed by atoms with van der Waals surface area (Å²) in [6.07, 6.45) is 0.808. The van der Waals surface area contributed by atoms with E-state index in [1.807, 2.05) is 18.2 Å². The number of carbonyl (C=O) groups is 1.